The number of hydrogen-bond donors (Lipinski definition) is 2. The van der Waals surface area contributed by atoms with E-state index in [1.807, 2.05) is 0 Å². The topological polar surface area (TPSA) is 72.0 Å². The largest absolute Gasteiger partial charge is 0.396 e. The molecule has 42 heavy (non-hydrogen) atoms. The van der Waals surface area contributed by atoms with Crippen LogP contribution in [-0.4, -0.2) is 75.0 Å². The molecule has 2 fully saturated rings. The Balaban J connectivity index is 1.28. The molecule has 3 aromatic carbocycles. The molecule has 5 rings (SSSR count). The third kappa shape index (κ3) is 7.35. The molecule has 2 atom stereocenters. The predicted octanol–water partition coefficient (Wildman–Crippen LogP) is 5.51. The van der Waals surface area contributed by atoms with Gasteiger partial charge in [-0.05, 0) is 59.4 Å². The molecule has 0 aliphatic carbocycles. The van der Waals surface area contributed by atoms with E-state index < -0.39 is 0 Å². The number of epoxide rings is 2. The van der Waals surface area contributed by atoms with E-state index in [2.05, 4.69) is 110 Å². The molecule has 2 aliphatic rings. The number of aliphatic hydroxyl groups excluding tert-OH is 2. The number of hydrogen-bond acceptors (Lipinski definition) is 6. The fourth-order valence-electron chi connectivity index (χ4n) is 5.83. The first-order chi connectivity index (χ1) is 20.2. The van der Waals surface area contributed by atoms with E-state index in [0.717, 1.165) is 52.2 Å². The molecule has 0 bridgehead atoms. The molecule has 0 aromatic heterocycles. The van der Waals surface area contributed by atoms with Gasteiger partial charge in [-0.15, -0.1) is 0 Å². The zero-order valence-electron chi connectivity index (χ0n) is 25.8. The quantitative estimate of drug-likeness (QED) is 0.221. The minimum atomic E-state index is -0.137. The second kappa shape index (κ2) is 13.2. The summed E-state index contributed by atoms with van der Waals surface area (Å²) in [5, 5.41) is 18.7. The van der Waals surface area contributed by atoms with Crippen LogP contribution in [0, 0.1) is 0 Å². The molecule has 226 valence electrons. The molecular formula is C36H48N2O4. The Morgan fingerprint density at radius 1 is 0.571 bits per heavy atom. The Morgan fingerprint density at radius 3 is 1.12 bits per heavy atom. The summed E-state index contributed by atoms with van der Waals surface area (Å²) in [6.07, 6.45) is 2.14. The SMILES string of the molecule is CC(C)(c1ccc(N(CCCO)CC2CO2)cc1)c1ccc(C(C)(C)c2ccc(N(CCCO)CC3CO3)cc2)cc1. The van der Waals surface area contributed by atoms with Crippen molar-refractivity contribution in [2.75, 3.05) is 62.4 Å². The molecule has 2 aliphatic heterocycles. The van der Waals surface area contributed by atoms with Gasteiger partial charge in [-0.2, -0.15) is 0 Å². The van der Waals surface area contributed by atoms with E-state index in [1.165, 1.54) is 33.6 Å². The average Bonchev–Trinajstić information content (AvgIpc) is 3.95. The van der Waals surface area contributed by atoms with Gasteiger partial charge < -0.3 is 29.5 Å². The van der Waals surface area contributed by atoms with Crippen molar-refractivity contribution in [2.24, 2.45) is 0 Å². The van der Waals surface area contributed by atoms with Gasteiger partial charge in [-0.3, -0.25) is 0 Å². The smallest absolute Gasteiger partial charge is 0.0984 e. The number of benzene rings is 3. The van der Waals surface area contributed by atoms with Crippen molar-refractivity contribution in [3.63, 3.8) is 0 Å². The predicted molar refractivity (Wildman–Crippen MR) is 171 cm³/mol. The summed E-state index contributed by atoms with van der Waals surface area (Å²) in [6, 6.07) is 26.9. The Labute approximate surface area is 251 Å². The first kappa shape index (κ1) is 30.6. The van der Waals surface area contributed by atoms with E-state index in [1.54, 1.807) is 0 Å². The van der Waals surface area contributed by atoms with Gasteiger partial charge in [0.05, 0.1) is 25.4 Å². The van der Waals surface area contributed by atoms with E-state index in [4.69, 9.17) is 9.47 Å². The summed E-state index contributed by atoms with van der Waals surface area (Å²) in [4.78, 5) is 4.64. The fraction of sp³-hybridized carbons (Fsp3) is 0.500. The maximum absolute atomic E-state index is 9.34. The lowest BCUT2D eigenvalue weighted by Gasteiger charge is -2.31. The van der Waals surface area contributed by atoms with Crippen LogP contribution in [0.15, 0.2) is 72.8 Å². The first-order valence-corrected chi connectivity index (χ1v) is 15.5. The molecule has 2 N–H and O–H groups in total. The van der Waals surface area contributed by atoms with Crippen molar-refractivity contribution >= 4 is 11.4 Å². The van der Waals surface area contributed by atoms with Gasteiger partial charge in [-0.1, -0.05) is 76.2 Å². The van der Waals surface area contributed by atoms with Gasteiger partial charge in [0.25, 0.3) is 0 Å². The Bertz CT molecular complexity index is 1160. The molecule has 0 radical (unpaired) electrons. The van der Waals surface area contributed by atoms with Crippen LogP contribution < -0.4 is 9.80 Å². The van der Waals surface area contributed by atoms with Crippen LogP contribution in [0.4, 0.5) is 11.4 Å². The Morgan fingerprint density at radius 2 is 0.857 bits per heavy atom. The van der Waals surface area contributed by atoms with Gasteiger partial charge >= 0.3 is 0 Å². The van der Waals surface area contributed by atoms with Crippen molar-refractivity contribution in [1.82, 2.24) is 0 Å². The third-order valence-electron chi connectivity index (χ3n) is 9.06. The molecule has 0 spiro atoms. The molecule has 3 aromatic rings. The molecule has 0 amide bonds. The van der Waals surface area contributed by atoms with Crippen LogP contribution in [0.3, 0.4) is 0 Å². The molecule has 6 nitrogen and oxygen atoms in total. The van der Waals surface area contributed by atoms with Crippen LogP contribution in [0.25, 0.3) is 0 Å². The molecule has 2 unspecified atom stereocenters. The highest BCUT2D eigenvalue weighted by Crippen LogP contribution is 2.37. The zero-order chi connectivity index (χ0) is 29.7. The highest BCUT2D eigenvalue weighted by molar-refractivity contribution is 5.53. The summed E-state index contributed by atoms with van der Waals surface area (Å²) in [6.45, 7) is 14.6. The molecule has 6 heteroatoms. The van der Waals surface area contributed by atoms with E-state index in [0.29, 0.717) is 12.2 Å². The average molecular weight is 573 g/mol. The minimum absolute atomic E-state index is 0.137. The zero-order valence-corrected chi connectivity index (χ0v) is 25.8. The van der Waals surface area contributed by atoms with E-state index >= 15 is 0 Å². The Kier molecular flexibility index (Phi) is 9.58. The second-order valence-corrected chi connectivity index (χ2v) is 12.9. The van der Waals surface area contributed by atoms with Gasteiger partial charge in [0.15, 0.2) is 0 Å². The van der Waals surface area contributed by atoms with Crippen molar-refractivity contribution in [2.45, 2.75) is 63.6 Å². The van der Waals surface area contributed by atoms with Crippen LogP contribution in [0.2, 0.25) is 0 Å². The van der Waals surface area contributed by atoms with Crippen LogP contribution >= 0.6 is 0 Å². The highest BCUT2D eigenvalue weighted by Gasteiger charge is 2.29. The minimum Gasteiger partial charge on any atom is -0.396 e. The first-order valence-electron chi connectivity index (χ1n) is 15.5. The van der Waals surface area contributed by atoms with Gasteiger partial charge in [0, 0.05) is 61.6 Å². The molecule has 2 heterocycles. The van der Waals surface area contributed by atoms with Crippen molar-refractivity contribution < 1.29 is 19.7 Å². The number of nitrogens with zero attached hydrogens (tertiary/aromatic N) is 2. The lowest BCUT2D eigenvalue weighted by Crippen LogP contribution is -2.29. The van der Waals surface area contributed by atoms with Crippen LogP contribution in [0.5, 0.6) is 0 Å². The monoisotopic (exact) mass is 572 g/mol. The summed E-state index contributed by atoms with van der Waals surface area (Å²) >= 11 is 0. The highest BCUT2D eigenvalue weighted by atomic mass is 16.6. The summed E-state index contributed by atoms with van der Waals surface area (Å²) < 4.78 is 10.9. The molecular weight excluding hydrogens is 524 g/mol. The molecule has 2 saturated heterocycles. The number of anilines is 2. The number of rotatable bonds is 16. The van der Waals surface area contributed by atoms with E-state index in [-0.39, 0.29) is 24.0 Å². The lowest BCUT2D eigenvalue weighted by molar-refractivity contribution is 0.288. The second-order valence-electron chi connectivity index (χ2n) is 12.9. The normalized spacial score (nSPS) is 18.1. The summed E-state index contributed by atoms with van der Waals surface area (Å²) in [5.41, 5.74) is 7.22. The van der Waals surface area contributed by atoms with Crippen LogP contribution in [-0.2, 0) is 20.3 Å². The summed E-state index contributed by atoms with van der Waals surface area (Å²) in [5.74, 6) is 0. The standard InChI is InChI=1S/C36H48N2O4/c1-35(2,29-11-15-31(16-12-29)37(19-5-21-39)23-33-25-41-33)27-7-9-28(10-8-27)36(3,4)30-13-17-32(18-14-30)38(20-6-22-40)24-34-26-42-34/h7-18,33-34,39-40H,5-6,19-26H2,1-4H3. The van der Waals surface area contributed by atoms with Gasteiger partial charge in [-0.25, -0.2) is 0 Å². The Hall–Kier alpha value is -2.90. The van der Waals surface area contributed by atoms with Crippen molar-refractivity contribution in [3.05, 3.63) is 95.1 Å². The maximum atomic E-state index is 9.34. The third-order valence-corrected chi connectivity index (χ3v) is 9.06. The summed E-state index contributed by atoms with van der Waals surface area (Å²) in [7, 11) is 0. The van der Waals surface area contributed by atoms with Crippen molar-refractivity contribution in [3.8, 4) is 0 Å². The number of aliphatic hydroxyl groups is 2. The fourth-order valence-corrected chi connectivity index (χ4v) is 5.83. The van der Waals surface area contributed by atoms with Crippen molar-refractivity contribution in [1.29, 1.82) is 0 Å². The van der Waals surface area contributed by atoms with Gasteiger partial charge in [0.2, 0.25) is 0 Å². The lowest BCUT2D eigenvalue weighted by atomic mass is 9.74. The number of ether oxygens (including phenoxy) is 2. The van der Waals surface area contributed by atoms with Crippen LogP contribution in [0.1, 0.15) is 62.8 Å². The van der Waals surface area contributed by atoms with E-state index in [9.17, 15) is 10.2 Å². The van der Waals surface area contributed by atoms with Gasteiger partial charge in [0.1, 0.15) is 0 Å². The molecule has 0 saturated carbocycles. The maximum Gasteiger partial charge on any atom is 0.0984 e.